The molecular weight excluding hydrogens is 1850 g/mol. The molecule has 0 aliphatic rings. The van der Waals surface area contributed by atoms with Crippen molar-refractivity contribution >= 4 is 83.6 Å². The van der Waals surface area contributed by atoms with Gasteiger partial charge in [-0.15, -0.1) is 0 Å². The zero-order valence-electron chi connectivity index (χ0n) is 74.9. The summed E-state index contributed by atoms with van der Waals surface area (Å²) in [6.45, 7) is 25.4. The molecule has 0 saturated carbocycles. The number of carbonyl (C=O) groups is 14. The Labute approximate surface area is 1150 Å². The molecule has 0 saturated heterocycles. The van der Waals surface area contributed by atoms with Gasteiger partial charge in [0.2, 0.25) is 0 Å². The smallest absolute Gasteiger partial charge is 0.545 e. The van der Waals surface area contributed by atoms with Gasteiger partial charge in [0.15, 0.2) is 0 Å². The minimum absolute atomic E-state index is 0. The Bertz CT molecular complexity index is 2620. The number of carbonyl (C=O) groups excluding carboxylic acids is 10. The van der Waals surface area contributed by atoms with Crippen LogP contribution in [-0.4, -0.2) is 104 Å². The third kappa shape index (κ3) is 345. The minimum Gasteiger partial charge on any atom is -0.545 e. The van der Waals surface area contributed by atoms with Gasteiger partial charge >= 0.3 is 538 Å². The van der Waals surface area contributed by atoms with Crippen molar-refractivity contribution in [1.29, 1.82) is 0 Å². The van der Waals surface area contributed by atoms with Crippen molar-refractivity contribution in [2.45, 2.75) is 96.9 Å². The van der Waals surface area contributed by atoms with Crippen LogP contribution in [0.2, 0.25) is 0 Å². The molecule has 0 aromatic heterocycles. The Morgan fingerprint density at radius 2 is 0.189 bits per heavy atom. The van der Waals surface area contributed by atoms with Gasteiger partial charge in [0, 0.05) is 24.3 Å². The van der Waals surface area contributed by atoms with Crippen molar-refractivity contribution < 1.29 is 652 Å². The second-order valence-corrected chi connectivity index (χ2v) is 16.9. The molecule has 0 rings (SSSR count). The number of rotatable bonds is 28. The van der Waals surface area contributed by atoms with Crippen molar-refractivity contribution in [3.05, 3.63) is 340 Å². The molecule has 4 N–H and O–H groups in total. The minimum atomic E-state index is -1.16. The SMILES string of the molecule is CC=CC=CC(=O)O.CC=CC=CC(=O)O.CC=CC=CC(=O)O.CC=CC=CC(=O)O.CC=CC=CC(=O)[O-].CC=CC=CC(=O)[O-].CC=CC=CC(=O)[O-].CC=CC=CC(=O)[O-].CC=CC=CC(=O)[O-].CC=CC=CC(=O)[O-].CC=CC=CC(=O)[O-].CC=CC=CC(=O)[O-].CC=CC=CC(=O)[O-].CC=CC=CC(=O)[O-].[K+].[K+].[K+].[K+].[K+].[K+].[K+].[K+].[K+].[K+]. The van der Waals surface area contributed by atoms with E-state index in [0.717, 1.165) is 85.1 Å². The van der Waals surface area contributed by atoms with Crippen LogP contribution in [0.25, 0.3) is 0 Å². The first-order chi connectivity index (χ1) is 52.8. The van der Waals surface area contributed by atoms with E-state index in [9.17, 15) is 118 Å². The average Bonchev–Trinajstić information content (AvgIpc) is 1.98. The van der Waals surface area contributed by atoms with Crippen LogP contribution in [0.1, 0.15) is 96.9 Å². The fourth-order valence-corrected chi connectivity index (χ4v) is 3.45. The van der Waals surface area contributed by atoms with Gasteiger partial charge in [-0.1, -0.05) is 255 Å². The number of carboxylic acid groups (broad SMARTS) is 14. The molecule has 0 radical (unpaired) electrons. The number of allylic oxidation sites excluding steroid dienone is 42. The molecule has 0 aromatic rings. The molecule has 38 heteroatoms. The number of aliphatic carboxylic acids is 14. The summed E-state index contributed by atoms with van der Waals surface area (Å²) in [6, 6.07) is 0. The summed E-state index contributed by atoms with van der Waals surface area (Å²) in [5, 5.41) is 129. The molecule has 0 aliphatic heterocycles. The normalized spacial score (nSPS) is 10.2. The summed E-state index contributed by atoms with van der Waals surface area (Å²) in [7, 11) is 0. The van der Waals surface area contributed by atoms with Gasteiger partial charge in [-0.2, -0.15) is 0 Å². The van der Waals surface area contributed by atoms with E-state index in [1.54, 1.807) is 239 Å². The summed E-state index contributed by atoms with van der Waals surface area (Å²) >= 11 is 0. The van der Waals surface area contributed by atoms with Gasteiger partial charge in [-0.05, 0) is 158 Å². The number of hydrogen-bond donors (Lipinski definition) is 4. The second kappa shape index (κ2) is 183. The number of carboxylic acids is 14. The largest absolute Gasteiger partial charge is 1.00 e. The van der Waals surface area contributed by atoms with Crippen molar-refractivity contribution in [1.82, 2.24) is 0 Å². The quantitative estimate of drug-likeness (QED) is 0.0321. The predicted octanol–water partition coefficient (Wildman–Crippen LogP) is -26.5. The second-order valence-electron chi connectivity index (χ2n) is 16.9. The summed E-state index contributed by atoms with van der Waals surface area (Å²) in [5.74, 6) is -15.3. The molecule has 0 bridgehead atoms. The summed E-state index contributed by atoms with van der Waals surface area (Å²) in [5.41, 5.74) is 0. The van der Waals surface area contributed by atoms with E-state index in [1.165, 1.54) is 85.1 Å². The van der Waals surface area contributed by atoms with Gasteiger partial charge in [-0.25, -0.2) is 19.2 Å². The van der Waals surface area contributed by atoms with E-state index in [1.807, 2.05) is 27.7 Å². The average molecular weight is 1950 g/mol. The van der Waals surface area contributed by atoms with Crippen LogP contribution >= 0.6 is 0 Å². The third-order valence-electron chi connectivity index (χ3n) is 7.53. The molecule has 0 fully saturated rings. The Hall–Kier alpha value is 1.66. The monoisotopic (exact) mass is 1950 g/mol. The fourth-order valence-electron chi connectivity index (χ4n) is 3.45. The van der Waals surface area contributed by atoms with Gasteiger partial charge in [0.05, 0.1) is 59.7 Å². The van der Waals surface area contributed by atoms with Gasteiger partial charge in [-0.3, -0.25) is 0 Å². The Morgan fingerprint density at radius 1 is 0.131 bits per heavy atom. The van der Waals surface area contributed by atoms with E-state index in [-0.39, 0.29) is 514 Å². The van der Waals surface area contributed by atoms with E-state index in [4.69, 9.17) is 20.4 Å². The first kappa shape index (κ1) is 187. The molecule has 0 aromatic carbocycles. The summed E-state index contributed by atoms with van der Waals surface area (Å²) < 4.78 is 0. The van der Waals surface area contributed by atoms with Gasteiger partial charge in [0.1, 0.15) is 0 Å². The maximum absolute atomic E-state index is 9.75. The fraction of sp³-hybridized carbons (Fsp3) is 0.167. The maximum atomic E-state index is 9.75. The molecule has 616 valence electrons. The Morgan fingerprint density at radius 3 is 0.230 bits per heavy atom. The van der Waals surface area contributed by atoms with Crippen LogP contribution in [0.15, 0.2) is 340 Å². The molecule has 122 heavy (non-hydrogen) atoms. The van der Waals surface area contributed by atoms with Crippen LogP contribution < -0.4 is 565 Å². The van der Waals surface area contributed by atoms with Gasteiger partial charge in [0.25, 0.3) is 0 Å². The molecule has 0 heterocycles. The molecule has 0 unspecified atom stereocenters. The van der Waals surface area contributed by atoms with E-state index < -0.39 is 83.6 Å². The van der Waals surface area contributed by atoms with Crippen LogP contribution in [-0.2, 0) is 67.1 Å². The Balaban J connectivity index is -0.0000000383. The van der Waals surface area contributed by atoms with Crippen molar-refractivity contribution in [3.8, 4) is 0 Å². The zero-order valence-corrected chi connectivity index (χ0v) is 106. The van der Waals surface area contributed by atoms with Crippen molar-refractivity contribution in [3.63, 3.8) is 0 Å². The third-order valence-corrected chi connectivity index (χ3v) is 7.53. The van der Waals surface area contributed by atoms with E-state index >= 15 is 0 Å². The molecular formula is C84H102K10O28. The Kier molecular flexibility index (Phi) is 281. The predicted molar refractivity (Wildman–Crippen MR) is 416 cm³/mol. The first-order valence-electron chi connectivity index (χ1n) is 31.9. The zero-order chi connectivity index (χ0) is 89.7. The summed E-state index contributed by atoms with van der Waals surface area (Å²) in [4.78, 5) is 135. The molecule has 0 aliphatic carbocycles. The van der Waals surface area contributed by atoms with Crippen molar-refractivity contribution in [2.75, 3.05) is 0 Å². The molecule has 0 amide bonds. The molecule has 0 spiro atoms. The van der Waals surface area contributed by atoms with E-state index in [2.05, 4.69) is 0 Å². The van der Waals surface area contributed by atoms with Crippen LogP contribution in [0.4, 0.5) is 0 Å². The topological polar surface area (TPSA) is 550 Å². The van der Waals surface area contributed by atoms with E-state index in [0.29, 0.717) is 0 Å². The first-order valence-corrected chi connectivity index (χ1v) is 31.9. The van der Waals surface area contributed by atoms with Crippen molar-refractivity contribution in [2.24, 2.45) is 0 Å². The van der Waals surface area contributed by atoms with Crippen LogP contribution in [0.3, 0.4) is 0 Å². The molecule has 0 atom stereocenters. The molecule has 28 nitrogen and oxygen atoms in total. The van der Waals surface area contributed by atoms with Crippen LogP contribution in [0.5, 0.6) is 0 Å². The van der Waals surface area contributed by atoms with Gasteiger partial charge < -0.3 is 119 Å². The standard InChI is InChI=1S/14C6H8O2.10K/c14*1-2-3-4-5-6(7)8;;;;;;;;;;/h14*2-5H,1H3,(H,7,8);;;;;;;;;;/q;;;;;;;;;;;;;;10*+1/p-10. The number of hydrogen-bond acceptors (Lipinski definition) is 24. The summed E-state index contributed by atoms with van der Waals surface area (Å²) in [6.07, 6.45) is 81.3. The van der Waals surface area contributed by atoms with Crippen LogP contribution in [0, 0.1) is 0 Å². The maximum Gasteiger partial charge on any atom is 1.00 e.